The van der Waals surface area contributed by atoms with Crippen molar-refractivity contribution in [2.75, 3.05) is 4.72 Å². The third-order valence-corrected chi connectivity index (χ3v) is 3.50. The highest BCUT2D eigenvalue weighted by Gasteiger charge is 2.19. The van der Waals surface area contributed by atoms with Crippen molar-refractivity contribution in [3.8, 4) is 0 Å². The van der Waals surface area contributed by atoms with Gasteiger partial charge in [0.05, 0.1) is 6.20 Å². The van der Waals surface area contributed by atoms with Gasteiger partial charge in [-0.05, 0) is 24.6 Å². The highest BCUT2D eigenvalue weighted by molar-refractivity contribution is 7.92. The van der Waals surface area contributed by atoms with Gasteiger partial charge in [-0.3, -0.25) is 9.82 Å². The second kappa shape index (κ2) is 4.17. The SMILES string of the molecule is Cc1ccc(F)c(S(=O)(=O)Nc2ccn[nH]2)c1. The van der Waals surface area contributed by atoms with E-state index < -0.39 is 15.8 Å². The maximum atomic E-state index is 13.4. The Labute approximate surface area is 97.7 Å². The Kier molecular flexibility index (Phi) is 2.84. The summed E-state index contributed by atoms with van der Waals surface area (Å²) in [4.78, 5) is -0.382. The van der Waals surface area contributed by atoms with Crippen molar-refractivity contribution in [2.45, 2.75) is 11.8 Å². The standard InChI is InChI=1S/C10H10FN3O2S/c1-7-2-3-8(11)9(6-7)17(15,16)14-10-4-5-12-13-10/h2-6H,1H3,(H2,12,13,14). The number of aromatic amines is 1. The Morgan fingerprint density at radius 1 is 1.35 bits per heavy atom. The first kappa shape index (κ1) is 11.6. The maximum Gasteiger partial charge on any atom is 0.265 e. The van der Waals surface area contributed by atoms with Gasteiger partial charge in [0.1, 0.15) is 16.5 Å². The van der Waals surface area contributed by atoms with Gasteiger partial charge in [-0.15, -0.1) is 0 Å². The summed E-state index contributed by atoms with van der Waals surface area (Å²) in [7, 11) is -3.93. The highest BCUT2D eigenvalue weighted by Crippen LogP contribution is 2.18. The van der Waals surface area contributed by atoms with Gasteiger partial charge in [-0.25, -0.2) is 12.8 Å². The van der Waals surface area contributed by atoms with E-state index in [2.05, 4.69) is 14.9 Å². The Morgan fingerprint density at radius 2 is 2.12 bits per heavy atom. The lowest BCUT2D eigenvalue weighted by molar-refractivity contribution is 0.569. The molecular weight excluding hydrogens is 245 g/mol. The molecule has 1 aromatic heterocycles. The fourth-order valence-corrected chi connectivity index (χ4v) is 2.51. The molecule has 0 atom stereocenters. The minimum absolute atomic E-state index is 0.186. The van der Waals surface area contributed by atoms with Gasteiger partial charge in [-0.1, -0.05) is 6.07 Å². The average molecular weight is 255 g/mol. The van der Waals surface area contributed by atoms with Crippen LogP contribution in [0.4, 0.5) is 10.2 Å². The number of nitrogens with zero attached hydrogens (tertiary/aromatic N) is 1. The van der Waals surface area contributed by atoms with Crippen molar-refractivity contribution in [1.29, 1.82) is 0 Å². The first-order chi connectivity index (χ1) is 7.99. The third-order valence-electron chi connectivity index (χ3n) is 2.12. The number of hydrogen-bond donors (Lipinski definition) is 2. The van der Waals surface area contributed by atoms with Crippen LogP contribution in [0.2, 0.25) is 0 Å². The van der Waals surface area contributed by atoms with Gasteiger partial charge in [0.2, 0.25) is 0 Å². The molecule has 0 aliphatic heterocycles. The first-order valence-corrected chi connectivity index (χ1v) is 6.26. The number of benzene rings is 1. The normalized spacial score (nSPS) is 11.4. The van der Waals surface area contributed by atoms with Gasteiger partial charge in [0, 0.05) is 6.07 Å². The van der Waals surface area contributed by atoms with E-state index in [9.17, 15) is 12.8 Å². The second-order valence-electron chi connectivity index (χ2n) is 3.51. The monoisotopic (exact) mass is 255 g/mol. The molecule has 0 saturated heterocycles. The number of aromatic nitrogens is 2. The van der Waals surface area contributed by atoms with E-state index in [0.717, 1.165) is 6.07 Å². The van der Waals surface area contributed by atoms with Gasteiger partial charge < -0.3 is 0 Å². The zero-order valence-electron chi connectivity index (χ0n) is 8.94. The molecule has 0 amide bonds. The smallest absolute Gasteiger partial charge is 0.264 e. The first-order valence-electron chi connectivity index (χ1n) is 4.77. The predicted octanol–water partition coefficient (Wildman–Crippen LogP) is 1.66. The number of halogens is 1. The minimum Gasteiger partial charge on any atom is -0.264 e. The molecule has 0 unspecified atom stereocenters. The summed E-state index contributed by atoms with van der Waals surface area (Å²) in [5.41, 5.74) is 0.663. The number of H-pyrrole nitrogens is 1. The maximum absolute atomic E-state index is 13.4. The zero-order chi connectivity index (χ0) is 12.5. The lowest BCUT2D eigenvalue weighted by atomic mass is 10.2. The van der Waals surface area contributed by atoms with Gasteiger partial charge in [0.25, 0.3) is 10.0 Å². The summed E-state index contributed by atoms with van der Waals surface area (Å²) in [6, 6.07) is 5.33. The summed E-state index contributed by atoms with van der Waals surface area (Å²) in [5, 5.41) is 6.03. The molecule has 90 valence electrons. The molecule has 1 heterocycles. The molecule has 7 heteroatoms. The Hall–Kier alpha value is -1.89. The summed E-state index contributed by atoms with van der Waals surface area (Å²) < 4.78 is 39.4. The lowest BCUT2D eigenvalue weighted by Gasteiger charge is -2.07. The summed E-state index contributed by atoms with van der Waals surface area (Å²) in [5.74, 6) is -0.603. The highest BCUT2D eigenvalue weighted by atomic mass is 32.2. The molecule has 2 rings (SSSR count). The van der Waals surface area contributed by atoms with Crippen molar-refractivity contribution >= 4 is 15.8 Å². The summed E-state index contributed by atoms with van der Waals surface area (Å²) >= 11 is 0. The van der Waals surface area contributed by atoms with Crippen LogP contribution in [0.25, 0.3) is 0 Å². The van der Waals surface area contributed by atoms with Crippen LogP contribution < -0.4 is 4.72 Å². The Morgan fingerprint density at radius 3 is 2.76 bits per heavy atom. The van der Waals surface area contributed by atoms with E-state index in [0.29, 0.717) is 5.56 Å². The van der Waals surface area contributed by atoms with Crippen molar-refractivity contribution < 1.29 is 12.8 Å². The van der Waals surface area contributed by atoms with Crippen molar-refractivity contribution in [1.82, 2.24) is 10.2 Å². The number of rotatable bonds is 3. The van der Waals surface area contributed by atoms with Gasteiger partial charge in [-0.2, -0.15) is 5.10 Å². The van der Waals surface area contributed by atoms with Crippen LogP contribution in [0, 0.1) is 12.7 Å². The molecule has 0 aliphatic carbocycles. The fraction of sp³-hybridized carbons (Fsp3) is 0.100. The molecule has 0 aliphatic rings. The van der Waals surface area contributed by atoms with Crippen LogP contribution in [0.3, 0.4) is 0 Å². The number of nitrogens with one attached hydrogen (secondary N) is 2. The van der Waals surface area contributed by atoms with Crippen molar-refractivity contribution in [3.05, 3.63) is 41.8 Å². The van der Waals surface area contributed by atoms with E-state index in [1.54, 1.807) is 6.92 Å². The molecule has 1 aromatic carbocycles. The molecule has 2 aromatic rings. The molecule has 17 heavy (non-hydrogen) atoms. The summed E-state index contributed by atoms with van der Waals surface area (Å²) in [6.07, 6.45) is 1.39. The van der Waals surface area contributed by atoms with Crippen molar-refractivity contribution in [3.63, 3.8) is 0 Å². The lowest BCUT2D eigenvalue weighted by Crippen LogP contribution is -2.15. The van der Waals surface area contributed by atoms with Crippen LogP contribution in [0.15, 0.2) is 35.4 Å². The summed E-state index contributed by atoms with van der Waals surface area (Å²) in [6.45, 7) is 1.69. The van der Waals surface area contributed by atoms with Crippen molar-refractivity contribution in [2.24, 2.45) is 0 Å². The number of aryl methyl sites for hydroxylation is 1. The van der Waals surface area contributed by atoms with E-state index >= 15 is 0 Å². The van der Waals surface area contributed by atoms with E-state index in [-0.39, 0.29) is 10.7 Å². The molecule has 0 saturated carbocycles. The second-order valence-corrected chi connectivity index (χ2v) is 5.16. The molecule has 0 bridgehead atoms. The topological polar surface area (TPSA) is 74.8 Å². The fourth-order valence-electron chi connectivity index (χ4n) is 1.33. The van der Waals surface area contributed by atoms with Crippen LogP contribution in [-0.4, -0.2) is 18.6 Å². The Bertz CT molecular complexity index is 623. The average Bonchev–Trinajstić information content (AvgIpc) is 2.73. The zero-order valence-corrected chi connectivity index (χ0v) is 9.75. The molecule has 0 fully saturated rings. The number of hydrogen-bond acceptors (Lipinski definition) is 3. The quantitative estimate of drug-likeness (QED) is 0.875. The molecule has 2 N–H and O–H groups in total. The van der Waals surface area contributed by atoms with Crippen LogP contribution >= 0.6 is 0 Å². The number of anilines is 1. The van der Waals surface area contributed by atoms with Gasteiger partial charge in [0.15, 0.2) is 0 Å². The molecule has 0 radical (unpaired) electrons. The largest absolute Gasteiger partial charge is 0.265 e. The third kappa shape index (κ3) is 2.44. The molecule has 0 spiro atoms. The minimum atomic E-state index is -3.93. The van der Waals surface area contributed by atoms with E-state index in [4.69, 9.17) is 0 Å². The Balaban J connectivity index is 2.41. The van der Waals surface area contributed by atoms with Gasteiger partial charge >= 0.3 is 0 Å². The predicted molar refractivity (Wildman–Crippen MR) is 60.5 cm³/mol. The molecule has 5 nitrogen and oxygen atoms in total. The molecular formula is C10H10FN3O2S. The number of sulfonamides is 1. The van der Waals surface area contributed by atoms with Crippen LogP contribution in [0.1, 0.15) is 5.56 Å². The van der Waals surface area contributed by atoms with E-state index in [1.165, 1.54) is 24.4 Å². The van der Waals surface area contributed by atoms with Crippen LogP contribution in [-0.2, 0) is 10.0 Å². The van der Waals surface area contributed by atoms with E-state index in [1.807, 2.05) is 0 Å². The van der Waals surface area contributed by atoms with Crippen LogP contribution in [0.5, 0.6) is 0 Å².